The van der Waals surface area contributed by atoms with Crippen molar-refractivity contribution in [3.05, 3.63) is 36.0 Å². The van der Waals surface area contributed by atoms with Crippen LogP contribution in [0.1, 0.15) is 18.7 Å². The molecule has 3 N–H and O–H groups in total. The Labute approximate surface area is 82.2 Å². The fourth-order valence-corrected chi connectivity index (χ4v) is 1.45. The summed E-state index contributed by atoms with van der Waals surface area (Å²) < 4.78 is 0. The third-order valence-corrected chi connectivity index (χ3v) is 2.16. The number of nitrogens with zero attached hydrogens (tertiary/aromatic N) is 1. The van der Waals surface area contributed by atoms with Crippen LogP contribution in [0.15, 0.2) is 30.3 Å². The number of aromatic nitrogens is 1. The Morgan fingerprint density at radius 2 is 2.07 bits per heavy atom. The molecule has 1 atom stereocenters. The lowest BCUT2D eigenvalue weighted by atomic mass is 10.1. The standard InChI is InChI=1S/C11H12N2O/c1-7(12)11-10(14)6-8-4-2-3-5-9(8)13-11/h2-7,14H,12H2,1H3/t7-/m0/s1. The van der Waals surface area contributed by atoms with Crippen LogP contribution < -0.4 is 5.73 Å². The molecule has 0 spiro atoms. The molecule has 3 heteroatoms. The van der Waals surface area contributed by atoms with Crippen LogP contribution in [-0.2, 0) is 0 Å². The highest BCUT2D eigenvalue weighted by Crippen LogP contribution is 2.24. The first-order valence-corrected chi connectivity index (χ1v) is 4.52. The van der Waals surface area contributed by atoms with Crippen LogP contribution >= 0.6 is 0 Å². The van der Waals surface area contributed by atoms with Gasteiger partial charge in [-0.2, -0.15) is 0 Å². The molecule has 72 valence electrons. The van der Waals surface area contributed by atoms with E-state index in [0.29, 0.717) is 5.69 Å². The predicted octanol–water partition coefficient (Wildman–Crippen LogP) is 1.96. The maximum atomic E-state index is 9.64. The molecule has 3 nitrogen and oxygen atoms in total. The summed E-state index contributed by atoms with van der Waals surface area (Å²) in [4.78, 5) is 4.30. The summed E-state index contributed by atoms with van der Waals surface area (Å²) in [7, 11) is 0. The molecule has 0 fully saturated rings. The maximum Gasteiger partial charge on any atom is 0.139 e. The molecule has 0 aliphatic heterocycles. The Morgan fingerprint density at radius 1 is 1.36 bits per heavy atom. The normalized spacial score (nSPS) is 13.0. The summed E-state index contributed by atoms with van der Waals surface area (Å²) in [6, 6.07) is 9.08. The molecule has 0 aliphatic carbocycles. The van der Waals surface area contributed by atoms with E-state index in [9.17, 15) is 5.11 Å². The molecular formula is C11H12N2O. The van der Waals surface area contributed by atoms with Crippen LogP contribution in [0.5, 0.6) is 5.75 Å². The van der Waals surface area contributed by atoms with Crippen molar-refractivity contribution < 1.29 is 5.11 Å². The maximum absolute atomic E-state index is 9.64. The third kappa shape index (κ3) is 1.42. The molecule has 0 saturated carbocycles. The summed E-state index contributed by atoms with van der Waals surface area (Å²) in [5, 5.41) is 10.6. The molecule has 1 aromatic carbocycles. The lowest BCUT2D eigenvalue weighted by molar-refractivity contribution is 0.460. The van der Waals surface area contributed by atoms with Crippen molar-refractivity contribution >= 4 is 10.9 Å². The Hall–Kier alpha value is -1.61. The van der Waals surface area contributed by atoms with Gasteiger partial charge in [0.1, 0.15) is 5.75 Å². The van der Waals surface area contributed by atoms with Crippen molar-refractivity contribution in [2.45, 2.75) is 13.0 Å². The Bertz CT molecular complexity index is 466. The Kier molecular flexibility index (Phi) is 2.09. The van der Waals surface area contributed by atoms with Gasteiger partial charge in [-0.3, -0.25) is 0 Å². The van der Waals surface area contributed by atoms with Gasteiger partial charge in [0.2, 0.25) is 0 Å². The number of para-hydroxylation sites is 1. The van der Waals surface area contributed by atoms with E-state index in [4.69, 9.17) is 5.73 Å². The highest BCUT2D eigenvalue weighted by molar-refractivity contribution is 5.80. The molecule has 0 saturated heterocycles. The topological polar surface area (TPSA) is 59.1 Å². The molecule has 0 unspecified atom stereocenters. The highest BCUT2D eigenvalue weighted by Gasteiger charge is 2.08. The smallest absolute Gasteiger partial charge is 0.139 e. The number of hydrogen-bond donors (Lipinski definition) is 2. The molecule has 14 heavy (non-hydrogen) atoms. The summed E-state index contributed by atoms with van der Waals surface area (Å²) in [5.74, 6) is 0.165. The zero-order valence-electron chi connectivity index (χ0n) is 7.94. The number of rotatable bonds is 1. The summed E-state index contributed by atoms with van der Waals surface area (Å²) in [6.07, 6.45) is 0. The number of aromatic hydroxyl groups is 1. The van der Waals surface area contributed by atoms with E-state index < -0.39 is 0 Å². The van der Waals surface area contributed by atoms with Gasteiger partial charge < -0.3 is 10.8 Å². The van der Waals surface area contributed by atoms with Crippen molar-refractivity contribution in [3.63, 3.8) is 0 Å². The highest BCUT2D eigenvalue weighted by atomic mass is 16.3. The van der Waals surface area contributed by atoms with E-state index in [0.717, 1.165) is 10.9 Å². The second kappa shape index (κ2) is 3.27. The van der Waals surface area contributed by atoms with Gasteiger partial charge >= 0.3 is 0 Å². The second-order valence-corrected chi connectivity index (χ2v) is 3.37. The molecule has 0 aliphatic rings. The largest absolute Gasteiger partial charge is 0.506 e. The predicted molar refractivity (Wildman–Crippen MR) is 56.0 cm³/mol. The van der Waals surface area contributed by atoms with Crippen LogP contribution in [-0.4, -0.2) is 10.1 Å². The average Bonchev–Trinajstić information content (AvgIpc) is 2.16. The van der Waals surface area contributed by atoms with Gasteiger partial charge in [-0.15, -0.1) is 0 Å². The summed E-state index contributed by atoms with van der Waals surface area (Å²) in [6.45, 7) is 1.80. The van der Waals surface area contributed by atoms with Crippen molar-refractivity contribution in [2.75, 3.05) is 0 Å². The van der Waals surface area contributed by atoms with E-state index in [1.54, 1.807) is 13.0 Å². The van der Waals surface area contributed by atoms with Crippen molar-refractivity contribution in [2.24, 2.45) is 5.73 Å². The van der Waals surface area contributed by atoms with Crippen molar-refractivity contribution in [1.82, 2.24) is 4.98 Å². The Balaban J connectivity index is 2.71. The van der Waals surface area contributed by atoms with Crippen LogP contribution in [0.3, 0.4) is 0 Å². The number of benzene rings is 1. The molecule has 0 radical (unpaired) electrons. The average molecular weight is 188 g/mol. The number of fused-ring (bicyclic) bond motifs is 1. The molecule has 1 heterocycles. The molecule has 2 aromatic rings. The zero-order valence-corrected chi connectivity index (χ0v) is 7.94. The van der Waals surface area contributed by atoms with E-state index in [1.165, 1.54) is 0 Å². The van der Waals surface area contributed by atoms with E-state index in [1.807, 2.05) is 24.3 Å². The minimum Gasteiger partial charge on any atom is -0.506 e. The van der Waals surface area contributed by atoms with Crippen LogP contribution in [0.25, 0.3) is 10.9 Å². The molecular weight excluding hydrogens is 176 g/mol. The minimum atomic E-state index is -0.250. The van der Waals surface area contributed by atoms with Crippen molar-refractivity contribution in [1.29, 1.82) is 0 Å². The van der Waals surface area contributed by atoms with Gasteiger partial charge in [0, 0.05) is 11.4 Å². The van der Waals surface area contributed by atoms with Gasteiger partial charge in [-0.1, -0.05) is 18.2 Å². The van der Waals surface area contributed by atoms with Crippen LogP contribution in [0.4, 0.5) is 0 Å². The van der Waals surface area contributed by atoms with Gasteiger partial charge in [0.15, 0.2) is 0 Å². The van der Waals surface area contributed by atoms with Crippen molar-refractivity contribution in [3.8, 4) is 5.75 Å². The summed E-state index contributed by atoms with van der Waals surface area (Å²) >= 11 is 0. The van der Waals surface area contributed by atoms with E-state index in [-0.39, 0.29) is 11.8 Å². The quantitative estimate of drug-likeness (QED) is 0.719. The van der Waals surface area contributed by atoms with E-state index >= 15 is 0 Å². The monoisotopic (exact) mass is 188 g/mol. The first-order chi connectivity index (χ1) is 6.68. The third-order valence-electron chi connectivity index (χ3n) is 2.16. The number of pyridine rings is 1. The molecule has 2 rings (SSSR count). The molecule has 0 bridgehead atoms. The fourth-order valence-electron chi connectivity index (χ4n) is 1.45. The summed E-state index contributed by atoms with van der Waals surface area (Å²) in [5.41, 5.74) is 7.09. The number of hydrogen-bond acceptors (Lipinski definition) is 3. The zero-order chi connectivity index (χ0) is 10.1. The molecule has 1 aromatic heterocycles. The van der Waals surface area contributed by atoms with Gasteiger partial charge in [-0.25, -0.2) is 4.98 Å². The SMILES string of the molecule is C[C@H](N)c1nc2ccccc2cc1O. The first-order valence-electron chi connectivity index (χ1n) is 4.52. The van der Waals surface area contributed by atoms with Gasteiger partial charge in [-0.05, 0) is 19.1 Å². The van der Waals surface area contributed by atoms with Crippen LogP contribution in [0.2, 0.25) is 0 Å². The lowest BCUT2D eigenvalue weighted by Gasteiger charge is -2.08. The fraction of sp³-hybridized carbons (Fsp3) is 0.182. The molecule has 0 amide bonds. The Morgan fingerprint density at radius 3 is 2.79 bits per heavy atom. The lowest BCUT2D eigenvalue weighted by Crippen LogP contribution is -2.07. The second-order valence-electron chi connectivity index (χ2n) is 3.37. The number of nitrogens with two attached hydrogens (primary N) is 1. The first kappa shape index (κ1) is 8.97. The van der Waals surface area contributed by atoms with Crippen LogP contribution in [0, 0.1) is 0 Å². The minimum absolute atomic E-state index is 0.165. The van der Waals surface area contributed by atoms with E-state index in [2.05, 4.69) is 4.98 Å². The van der Waals surface area contributed by atoms with Gasteiger partial charge in [0.25, 0.3) is 0 Å². The van der Waals surface area contributed by atoms with Gasteiger partial charge in [0.05, 0.1) is 11.2 Å².